The third-order valence-corrected chi connectivity index (χ3v) is 8.45. The van der Waals surface area contributed by atoms with Crippen LogP contribution in [0.15, 0.2) is 48.5 Å². The van der Waals surface area contributed by atoms with Crippen molar-refractivity contribution in [2.45, 2.75) is 63.2 Å². The molecule has 10 heteroatoms. The molecule has 2 bridgehead atoms. The molecule has 9 nitrogen and oxygen atoms in total. The minimum absolute atomic E-state index is 0.125. The molecule has 2 aromatic carbocycles. The quantitative estimate of drug-likeness (QED) is 0.329. The van der Waals surface area contributed by atoms with Gasteiger partial charge in [0, 0.05) is 29.5 Å². The molecule has 3 aliphatic rings. The molecule has 1 spiro atoms. The molecule has 0 saturated carbocycles. The van der Waals surface area contributed by atoms with Crippen molar-refractivity contribution < 1.29 is 29.0 Å². The lowest BCUT2D eigenvalue weighted by molar-refractivity contribution is -0.139. The molecule has 5 rings (SSSR count). The highest BCUT2D eigenvalue weighted by Gasteiger charge is 2.74. The van der Waals surface area contributed by atoms with Crippen molar-refractivity contribution >= 4 is 40.7 Å². The first-order chi connectivity index (χ1) is 19.4. The van der Waals surface area contributed by atoms with Crippen molar-refractivity contribution in [1.29, 1.82) is 0 Å². The number of aliphatic hydroxyl groups excluding tert-OH is 1. The van der Waals surface area contributed by atoms with E-state index in [0.29, 0.717) is 61.0 Å². The maximum Gasteiger partial charge on any atom is 0.250 e. The SMILES string of the molecule is CCOc1ccc(NC(=O)[C@@H]2[C@H]3C(=O)N(CCCCCCO)C(C(=O)Nc4ccc(Cl)cc4)C34CC[C@H]2O4)cc1. The predicted molar refractivity (Wildman–Crippen MR) is 151 cm³/mol. The zero-order valence-corrected chi connectivity index (χ0v) is 23.4. The molecule has 214 valence electrons. The number of halogens is 1. The number of likely N-dealkylation sites (tertiary alicyclic amines) is 1. The molecule has 3 N–H and O–H groups in total. The lowest BCUT2D eigenvalue weighted by Crippen LogP contribution is -2.53. The summed E-state index contributed by atoms with van der Waals surface area (Å²) in [7, 11) is 0. The molecular weight excluding hydrogens is 534 g/mol. The minimum atomic E-state index is -1.07. The van der Waals surface area contributed by atoms with Gasteiger partial charge in [0.05, 0.1) is 24.5 Å². The third kappa shape index (κ3) is 5.42. The summed E-state index contributed by atoms with van der Waals surface area (Å²) in [4.78, 5) is 43.0. The second-order valence-electron chi connectivity index (χ2n) is 10.7. The lowest BCUT2D eigenvalue weighted by Gasteiger charge is -2.33. The Morgan fingerprint density at radius 3 is 2.35 bits per heavy atom. The molecule has 3 fully saturated rings. The van der Waals surface area contributed by atoms with Gasteiger partial charge in [-0.2, -0.15) is 0 Å². The summed E-state index contributed by atoms with van der Waals surface area (Å²) < 4.78 is 12.0. The fourth-order valence-corrected chi connectivity index (χ4v) is 6.64. The number of nitrogens with one attached hydrogen (secondary N) is 2. The summed E-state index contributed by atoms with van der Waals surface area (Å²) >= 11 is 6.01. The van der Waals surface area contributed by atoms with Crippen LogP contribution in [0.3, 0.4) is 0 Å². The number of ether oxygens (including phenoxy) is 2. The fraction of sp³-hybridized carbons (Fsp3) is 0.500. The van der Waals surface area contributed by atoms with Crippen LogP contribution in [-0.4, -0.2) is 65.2 Å². The second kappa shape index (κ2) is 12.2. The Morgan fingerprint density at radius 2 is 1.68 bits per heavy atom. The number of carbonyl (C=O) groups excluding carboxylic acids is 3. The minimum Gasteiger partial charge on any atom is -0.494 e. The van der Waals surface area contributed by atoms with Gasteiger partial charge in [-0.05, 0) is 81.1 Å². The summed E-state index contributed by atoms with van der Waals surface area (Å²) in [5, 5.41) is 15.6. The standard InChI is InChI=1S/C30H36ClN3O6/c1-2-39-22-13-11-21(12-14-22)32-27(36)24-23-15-16-30(40-23)25(24)29(38)34(17-5-3-4-6-18-35)26(30)28(37)33-20-9-7-19(31)8-10-20/h7-14,23-26,35H,2-6,15-18H2,1H3,(H,32,36)(H,33,37)/t23-,24+,25+,26?,30?/m1/s1. The van der Waals surface area contributed by atoms with E-state index >= 15 is 0 Å². The van der Waals surface area contributed by atoms with Gasteiger partial charge in [0.25, 0.3) is 0 Å². The Kier molecular flexibility index (Phi) is 8.63. The van der Waals surface area contributed by atoms with E-state index in [1.54, 1.807) is 53.4 Å². The van der Waals surface area contributed by atoms with E-state index in [4.69, 9.17) is 26.2 Å². The summed E-state index contributed by atoms with van der Waals surface area (Å²) in [5.41, 5.74) is 0.111. The first-order valence-electron chi connectivity index (χ1n) is 14.1. The molecule has 40 heavy (non-hydrogen) atoms. The average Bonchev–Trinajstić information content (AvgIpc) is 3.58. The highest BCUT2D eigenvalue weighted by Crippen LogP contribution is 2.58. The van der Waals surface area contributed by atoms with Crippen molar-refractivity contribution in [2.75, 3.05) is 30.4 Å². The Bertz CT molecular complexity index is 1220. The molecule has 3 amide bonds. The number of hydrogen-bond acceptors (Lipinski definition) is 6. The van der Waals surface area contributed by atoms with E-state index in [2.05, 4.69) is 10.6 Å². The normalized spacial score (nSPS) is 26.6. The van der Waals surface area contributed by atoms with Crippen molar-refractivity contribution in [3.8, 4) is 5.75 Å². The third-order valence-electron chi connectivity index (χ3n) is 8.20. The molecule has 3 heterocycles. The summed E-state index contributed by atoms with van der Waals surface area (Å²) in [6.07, 6.45) is 3.72. The van der Waals surface area contributed by atoms with Gasteiger partial charge in [0.1, 0.15) is 17.4 Å². The van der Waals surface area contributed by atoms with Gasteiger partial charge in [0.2, 0.25) is 17.7 Å². The number of amides is 3. The van der Waals surface area contributed by atoms with Gasteiger partial charge in [0.15, 0.2) is 0 Å². The van der Waals surface area contributed by atoms with E-state index < -0.39 is 29.6 Å². The topological polar surface area (TPSA) is 117 Å². The molecule has 0 radical (unpaired) electrons. The number of nitrogens with zero attached hydrogens (tertiary/aromatic N) is 1. The maximum absolute atomic E-state index is 14.0. The van der Waals surface area contributed by atoms with E-state index in [-0.39, 0.29) is 24.3 Å². The summed E-state index contributed by atoms with van der Waals surface area (Å²) in [6.45, 7) is 2.95. The second-order valence-corrected chi connectivity index (χ2v) is 11.1. The number of carbonyl (C=O) groups is 3. The highest BCUT2D eigenvalue weighted by molar-refractivity contribution is 6.30. The molecule has 2 aromatic rings. The van der Waals surface area contributed by atoms with Crippen LogP contribution in [0.1, 0.15) is 45.4 Å². The Balaban J connectivity index is 1.38. The average molecular weight is 570 g/mol. The van der Waals surface area contributed by atoms with Gasteiger partial charge in [-0.3, -0.25) is 14.4 Å². The molecular formula is C30H36ClN3O6. The lowest BCUT2D eigenvalue weighted by atomic mass is 9.70. The largest absolute Gasteiger partial charge is 0.494 e. The van der Waals surface area contributed by atoms with Gasteiger partial charge in [-0.25, -0.2) is 0 Å². The molecule has 0 aromatic heterocycles. The van der Waals surface area contributed by atoms with E-state index in [9.17, 15) is 14.4 Å². The van der Waals surface area contributed by atoms with E-state index in [0.717, 1.165) is 12.8 Å². The van der Waals surface area contributed by atoms with Crippen LogP contribution in [-0.2, 0) is 19.1 Å². The van der Waals surface area contributed by atoms with Gasteiger partial charge >= 0.3 is 0 Å². The smallest absolute Gasteiger partial charge is 0.250 e. The summed E-state index contributed by atoms with van der Waals surface area (Å²) in [5.74, 6) is -1.56. The van der Waals surface area contributed by atoms with E-state index in [1.807, 2.05) is 6.92 Å². The van der Waals surface area contributed by atoms with Crippen LogP contribution in [0, 0.1) is 11.8 Å². The zero-order chi connectivity index (χ0) is 28.3. The van der Waals surface area contributed by atoms with Crippen LogP contribution in [0.4, 0.5) is 11.4 Å². The number of rotatable bonds is 12. The van der Waals surface area contributed by atoms with Crippen molar-refractivity contribution in [3.63, 3.8) is 0 Å². The fourth-order valence-electron chi connectivity index (χ4n) is 6.51. The van der Waals surface area contributed by atoms with Crippen LogP contribution in [0.25, 0.3) is 0 Å². The monoisotopic (exact) mass is 569 g/mol. The van der Waals surface area contributed by atoms with Crippen molar-refractivity contribution in [3.05, 3.63) is 53.6 Å². The Hall–Kier alpha value is -3.14. The van der Waals surface area contributed by atoms with Crippen molar-refractivity contribution in [2.24, 2.45) is 11.8 Å². The predicted octanol–water partition coefficient (Wildman–Crippen LogP) is 4.24. The number of benzene rings is 2. The number of aliphatic hydroxyl groups is 1. The van der Waals surface area contributed by atoms with E-state index in [1.165, 1.54) is 0 Å². The Morgan fingerprint density at radius 1 is 1.02 bits per heavy atom. The van der Waals surface area contributed by atoms with Gasteiger partial charge in [-0.15, -0.1) is 0 Å². The maximum atomic E-state index is 14.0. The van der Waals surface area contributed by atoms with Crippen LogP contribution in [0.5, 0.6) is 5.75 Å². The number of anilines is 2. The number of hydrogen-bond donors (Lipinski definition) is 3. The van der Waals surface area contributed by atoms with Crippen LogP contribution < -0.4 is 15.4 Å². The van der Waals surface area contributed by atoms with Gasteiger partial charge in [-0.1, -0.05) is 24.4 Å². The highest BCUT2D eigenvalue weighted by atomic mass is 35.5. The number of fused-ring (bicyclic) bond motifs is 1. The molecule has 5 atom stereocenters. The zero-order valence-electron chi connectivity index (χ0n) is 22.6. The number of unbranched alkanes of at least 4 members (excludes halogenated alkanes) is 3. The van der Waals surface area contributed by atoms with Crippen LogP contribution in [0.2, 0.25) is 5.02 Å². The Labute approximate surface area is 239 Å². The molecule has 0 aliphatic carbocycles. The molecule has 3 aliphatic heterocycles. The first kappa shape index (κ1) is 28.4. The van der Waals surface area contributed by atoms with Gasteiger partial charge < -0.3 is 30.1 Å². The summed E-state index contributed by atoms with van der Waals surface area (Å²) in [6, 6.07) is 13.1. The molecule has 3 saturated heterocycles. The first-order valence-corrected chi connectivity index (χ1v) is 14.4. The van der Waals surface area contributed by atoms with Crippen molar-refractivity contribution in [1.82, 2.24) is 4.90 Å². The molecule has 2 unspecified atom stereocenters. The van der Waals surface area contributed by atoms with Crippen LogP contribution >= 0.6 is 11.6 Å².